The number of carbonyl (C=O) groups is 2. The van der Waals surface area contributed by atoms with Crippen LogP contribution >= 0.6 is 11.6 Å². The summed E-state index contributed by atoms with van der Waals surface area (Å²) < 4.78 is 0. The molecule has 8 nitrogen and oxygen atoms in total. The normalized spacial score (nSPS) is 17.2. The third kappa shape index (κ3) is 3.77. The number of hydrogen-bond acceptors (Lipinski definition) is 6. The molecule has 2 aliphatic rings. The predicted molar refractivity (Wildman–Crippen MR) is 106 cm³/mol. The molecule has 0 radical (unpaired) electrons. The molecule has 4 rings (SSSR count). The second-order valence-corrected chi connectivity index (χ2v) is 6.90. The molecule has 1 aromatic carbocycles. The number of aromatic nitrogens is 2. The summed E-state index contributed by atoms with van der Waals surface area (Å²) in [5.74, 6) is 0.411. The zero-order chi connectivity index (χ0) is 19.5. The van der Waals surface area contributed by atoms with Gasteiger partial charge in [-0.15, -0.1) is 0 Å². The summed E-state index contributed by atoms with van der Waals surface area (Å²) in [7, 11) is 0. The third-order valence-electron chi connectivity index (χ3n) is 4.68. The van der Waals surface area contributed by atoms with Crippen molar-refractivity contribution in [2.75, 3.05) is 36.1 Å². The van der Waals surface area contributed by atoms with Crippen molar-refractivity contribution in [3.63, 3.8) is 0 Å². The zero-order valence-electron chi connectivity index (χ0n) is 15.1. The van der Waals surface area contributed by atoms with E-state index >= 15 is 0 Å². The zero-order valence-corrected chi connectivity index (χ0v) is 15.8. The van der Waals surface area contributed by atoms with E-state index in [0.717, 1.165) is 0 Å². The standard InChI is InChI=1S/C19H19ClN6O2/c20-14-2-4-15(5-3-14)26-17(27)7-6-16(23-26)18(28)24-10-12-25(13-11-24)19-21-8-1-9-22-19/h1-6,8-9,23H,7,10-13H2. The summed E-state index contributed by atoms with van der Waals surface area (Å²) in [5, 5.41) is 1.97. The van der Waals surface area contributed by atoms with E-state index in [4.69, 9.17) is 11.6 Å². The van der Waals surface area contributed by atoms with Gasteiger partial charge in [0.2, 0.25) is 11.9 Å². The molecule has 0 bridgehead atoms. The van der Waals surface area contributed by atoms with E-state index in [1.807, 2.05) is 0 Å². The van der Waals surface area contributed by atoms with Crippen LogP contribution in [0.2, 0.25) is 5.02 Å². The van der Waals surface area contributed by atoms with Crippen molar-refractivity contribution in [2.45, 2.75) is 6.42 Å². The van der Waals surface area contributed by atoms with Crippen LogP contribution in [-0.2, 0) is 9.59 Å². The molecule has 28 heavy (non-hydrogen) atoms. The van der Waals surface area contributed by atoms with E-state index in [0.29, 0.717) is 48.5 Å². The van der Waals surface area contributed by atoms with Gasteiger partial charge in [0.15, 0.2) is 0 Å². The van der Waals surface area contributed by atoms with Crippen molar-refractivity contribution in [2.24, 2.45) is 0 Å². The first-order valence-corrected chi connectivity index (χ1v) is 9.36. The monoisotopic (exact) mass is 398 g/mol. The molecular weight excluding hydrogens is 380 g/mol. The number of hydrazine groups is 1. The molecule has 2 aromatic rings. The molecule has 9 heteroatoms. The predicted octanol–water partition coefficient (Wildman–Crippen LogP) is 1.60. The number of hydrogen-bond donors (Lipinski definition) is 1. The second kappa shape index (κ2) is 7.85. The Bertz CT molecular complexity index is 894. The smallest absolute Gasteiger partial charge is 0.271 e. The summed E-state index contributed by atoms with van der Waals surface area (Å²) >= 11 is 5.91. The number of nitrogens with one attached hydrogen (secondary N) is 1. The van der Waals surface area contributed by atoms with E-state index in [-0.39, 0.29) is 18.2 Å². The van der Waals surface area contributed by atoms with Gasteiger partial charge in [-0.2, -0.15) is 0 Å². The lowest BCUT2D eigenvalue weighted by molar-refractivity contribution is -0.128. The number of rotatable bonds is 3. The van der Waals surface area contributed by atoms with Crippen molar-refractivity contribution < 1.29 is 9.59 Å². The Morgan fingerprint density at radius 3 is 2.39 bits per heavy atom. The Labute approximate surface area is 167 Å². The lowest BCUT2D eigenvalue weighted by Gasteiger charge is -2.36. The Hall–Kier alpha value is -3.13. The number of anilines is 2. The highest BCUT2D eigenvalue weighted by Crippen LogP contribution is 2.21. The lowest BCUT2D eigenvalue weighted by atomic mass is 10.2. The third-order valence-corrected chi connectivity index (χ3v) is 4.93. The van der Waals surface area contributed by atoms with Gasteiger partial charge in [0.05, 0.1) is 5.69 Å². The highest BCUT2D eigenvalue weighted by Gasteiger charge is 2.29. The van der Waals surface area contributed by atoms with Crippen molar-refractivity contribution in [3.05, 3.63) is 59.5 Å². The van der Waals surface area contributed by atoms with Crippen molar-refractivity contribution in [1.82, 2.24) is 20.3 Å². The summed E-state index contributed by atoms with van der Waals surface area (Å²) in [5.41, 5.74) is 3.99. The summed E-state index contributed by atoms with van der Waals surface area (Å²) in [6.45, 7) is 2.43. The molecule has 1 saturated heterocycles. The van der Waals surface area contributed by atoms with Gasteiger partial charge in [-0.1, -0.05) is 11.6 Å². The van der Waals surface area contributed by atoms with E-state index < -0.39 is 0 Å². The summed E-state index contributed by atoms with van der Waals surface area (Å²) in [6.07, 6.45) is 5.22. The average Bonchev–Trinajstić information content (AvgIpc) is 2.75. The average molecular weight is 399 g/mol. The van der Waals surface area contributed by atoms with Crippen molar-refractivity contribution in [3.8, 4) is 0 Å². The maximum atomic E-state index is 12.9. The van der Waals surface area contributed by atoms with Crippen LogP contribution in [0.4, 0.5) is 11.6 Å². The Balaban J connectivity index is 1.41. The van der Waals surface area contributed by atoms with Gasteiger partial charge in [-0.05, 0) is 36.4 Å². The molecule has 2 amide bonds. The van der Waals surface area contributed by atoms with Crippen molar-refractivity contribution >= 4 is 35.1 Å². The van der Waals surface area contributed by atoms with E-state index in [9.17, 15) is 9.59 Å². The fourth-order valence-electron chi connectivity index (χ4n) is 3.18. The van der Waals surface area contributed by atoms with E-state index in [1.54, 1.807) is 53.7 Å². The maximum absolute atomic E-state index is 12.9. The molecule has 1 fully saturated rings. The molecule has 0 saturated carbocycles. The number of benzene rings is 1. The molecule has 3 heterocycles. The highest BCUT2D eigenvalue weighted by atomic mass is 35.5. The molecule has 144 valence electrons. The molecule has 0 aliphatic carbocycles. The van der Waals surface area contributed by atoms with Gasteiger partial charge in [-0.3, -0.25) is 15.0 Å². The van der Waals surface area contributed by atoms with Gasteiger partial charge < -0.3 is 9.80 Å². The number of nitrogens with zero attached hydrogens (tertiary/aromatic N) is 5. The fraction of sp³-hybridized carbons (Fsp3) is 0.263. The maximum Gasteiger partial charge on any atom is 0.271 e. The Morgan fingerprint density at radius 1 is 1.04 bits per heavy atom. The highest BCUT2D eigenvalue weighted by molar-refractivity contribution is 6.30. The molecule has 1 N–H and O–H groups in total. The van der Waals surface area contributed by atoms with Crippen LogP contribution in [0, 0.1) is 0 Å². The number of amides is 2. The quantitative estimate of drug-likeness (QED) is 0.845. The van der Waals surface area contributed by atoms with Gasteiger partial charge in [0, 0.05) is 50.0 Å². The molecule has 1 aromatic heterocycles. The van der Waals surface area contributed by atoms with Crippen LogP contribution in [0.25, 0.3) is 0 Å². The van der Waals surface area contributed by atoms with Crippen LogP contribution in [0.1, 0.15) is 6.42 Å². The molecule has 2 aliphatic heterocycles. The van der Waals surface area contributed by atoms with Crippen LogP contribution in [0.5, 0.6) is 0 Å². The van der Waals surface area contributed by atoms with Crippen LogP contribution in [0.15, 0.2) is 54.5 Å². The first-order chi connectivity index (χ1) is 13.6. The molecule has 0 atom stereocenters. The van der Waals surface area contributed by atoms with E-state index in [2.05, 4.69) is 20.3 Å². The van der Waals surface area contributed by atoms with Crippen LogP contribution in [-0.4, -0.2) is 52.9 Å². The summed E-state index contributed by atoms with van der Waals surface area (Å²) in [6, 6.07) is 8.66. The lowest BCUT2D eigenvalue weighted by Crippen LogP contribution is -2.54. The minimum absolute atomic E-state index is 0.125. The number of halogens is 1. The number of piperazine rings is 1. The van der Waals surface area contributed by atoms with Gasteiger partial charge in [-0.25, -0.2) is 15.0 Å². The minimum Gasteiger partial charge on any atom is -0.337 e. The molecular formula is C19H19ClN6O2. The second-order valence-electron chi connectivity index (χ2n) is 6.47. The Kier molecular flexibility index (Phi) is 5.12. The minimum atomic E-state index is -0.134. The summed E-state index contributed by atoms with van der Waals surface area (Å²) in [4.78, 5) is 37.5. The van der Waals surface area contributed by atoms with Crippen molar-refractivity contribution in [1.29, 1.82) is 0 Å². The van der Waals surface area contributed by atoms with Gasteiger partial charge in [0.1, 0.15) is 5.70 Å². The fourth-order valence-corrected chi connectivity index (χ4v) is 3.30. The first kappa shape index (κ1) is 18.2. The van der Waals surface area contributed by atoms with E-state index in [1.165, 1.54) is 5.01 Å². The SMILES string of the molecule is O=C(C1=CCC(=O)N(c2ccc(Cl)cc2)N1)N1CCN(c2ncccn2)CC1. The molecule has 0 unspecified atom stereocenters. The topological polar surface area (TPSA) is 81.7 Å². The first-order valence-electron chi connectivity index (χ1n) is 8.98. The Morgan fingerprint density at radius 2 is 1.71 bits per heavy atom. The molecule has 0 spiro atoms. The number of carbonyl (C=O) groups excluding carboxylic acids is 2. The van der Waals surface area contributed by atoms with Crippen LogP contribution < -0.4 is 15.3 Å². The van der Waals surface area contributed by atoms with Crippen LogP contribution in [0.3, 0.4) is 0 Å². The van der Waals surface area contributed by atoms with Gasteiger partial charge >= 0.3 is 0 Å². The van der Waals surface area contributed by atoms with Gasteiger partial charge in [0.25, 0.3) is 5.91 Å². The largest absolute Gasteiger partial charge is 0.337 e.